The number of aliphatic hydroxyl groups is 1. The number of rotatable bonds is 5. The smallest absolute Gasteiger partial charge is 0.161 e. The molecule has 1 aliphatic rings. The second kappa shape index (κ2) is 6.18. The Labute approximate surface area is 86.7 Å². The number of aliphatic hydroxyl groups excluding tert-OH is 1. The van der Waals surface area contributed by atoms with Gasteiger partial charge in [-0.1, -0.05) is 32.6 Å². The van der Waals surface area contributed by atoms with E-state index in [9.17, 15) is 9.90 Å². The van der Waals surface area contributed by atoms with E-state index >= 15 is 0 Å². The van der Waals surface area contributed by atoms with E-state index in [1.54, 1.807) is 0 Å². The molecule has 0 aromatic rings. The average Bonchev–Trinajstić information content (AvgIpc) is 2.26. The highest BCUT2D eigenvalue weighted by Gasteiger charge is 2.26. The molecular weight excluding hydrogens is 176 g/mol. The summed E-state index contributed by atoms with van der Waals surface area (Å²) in [5.74, 6) is 0.326. The minimum atomic E-state index is -0.665. The van der Waals surface area contributed by atoms with Gasteiger partial charge in [0.15, 0.2) is 5.78 Å². The number of Topliss-reactive ketones (excluding diaryl/α,β-unsaturated/α-hetero) is 1. The van der Waals surface area contributed by atoms with E-state index in [2.05, 4.69) is 6.92 Å². The normalized spacial score (nSPS) is 20.7. The van der Waals surface area contributed by atoms with Crippen molar-refractivity contribution in [3.05, 3.63) is 0 Å². The molecule has 1 fully saturated rings. The lowest BCUT2D eigenvalue weighted by Crippen LogP contribution is -2.30. The van der Waals surface area contributed by atoms with Crippen molar-refractivity contribution >= 4 is 5.78 Å². The van der Waals surface area contributed by atoms with Crippen LogP contribution in [-0.4, -0.2) is 17.0 Å². The highest BCUT2D eigenvalue weighted by atomic mass is 16.3. The van der Waals surface area contributed by atoms with Crippen molar-refractivity contribution in [1.29, 1.82) is 0 Å². The average molecular weight is 198 g/mol. The molecule has 2 heteroatoms. The quantitative estimate of drug-likeness (QED) is 0.737. The topological polar surface area (TPSA) is 37.3 Å². The van der Waals surface area contributed by atoms with Crippen molar-refractivity contribution in [2.45, 2.75) is 64.4 Å². The second-order valence-electron chi connectivity index (χ2n) is 4.41. The monoisotopic (exact) mass is 198 g/mol. The van der Waals surface area contributed by atoms with Gasteiger partial charge in [0.1, 0.15) is 6.10 Å². The Bertz CT molecular complexity index is 171. The minimum Gasteiger partial charge on any atom is -0.385 e. The number of hydrogen-bond donors (Lipinski definition) is 1. The predicted molar refractivity (Wildman–Crippen MR) is 57.1 cm³/mol. The van der Waals surface area contributed by atoms with Crippen LogP contribution >= 0.6 is 0 Å². The van der Waals surface area contributed by atoms with E-state index in [1.807, 2.05) is 0 Å². The molecule has 0 radical (unpaired) electrons. The van der Waals surface area contributed by atoms with Gasteiger partial charge < -0.3 is 5.11 Å². The van der Waals surface area contributed by atoms with Crippen LogP contribution in [0.4, 0.5) is 0 Å². The van der Waals surface area contributed by atoms with Crippen LogP contribution in [0.15, 0.2) is 0 Å². The molecule has 1 rings (SSSR count). The van der Waals surface area contributed by atoms with Crippen LogP contribution < -0.4 is 0 Å². The molecule has 1 unspecified atom stereocenters. The van der Waals surface area contributed by atoms with Gasteiger partial charge in [-0.25, -0.2) is 0 Å². The lowest BCUT2D eigenvalue weighted by molar-refractivity contribution is -0.130. The third-order valence-corrected chi connectivity index (χ3v) is 3.20. The number of unbranched alkanes of at least 4 members (excludes halogenated alkanes) is 1. The van der Waals surface area contributed by atoms with Gasteiger partial charge in [0.25, 0.3) is 0 Å². The maximum absolute atomic E-state index is 11.6. The molecule has 0 amide bonds. The first kappa shape index (κ1) is 11.7. The summed E-state index contributed by atoms with van der Waals surface area (Å²) in [5, 5.41) is 9.82. The highest BCUT2D eigenvalue weighted by molar-refractivity contribution is 5.83. The third kappa shape index (κ3) is 3.41. The van der Waals surface area contributed by atoms with Crippen molar-refractivity contribution in [2.75, 3.05) is 0 Å². The number of hydrogen-bond acceptors (Lipinski definition) is 2. The molecular formula is C12H22O2. The Morgan fingerprint density at radius 1 is 1.36 bits per heavy atom. The van der Waals surface area contributed by atoms with Crippen molar-refractivity contribution < 1.29 is 9.90 Å². The maximum Gasteiger partial charge on any atom is 0.161 e. The molecule has 0 saturated heterocycles. The van der Waals surface area contributed by atoms with E-state index in [-0.39, 0.29) is 11.7 Å². The first-order valence-electron chi connectivity index (χ1n) is 5.96. The lowest BCUT2D eigenvalue weighted by Gasteiger charge is -2.25. The molecule has 0 spiro atoms. The van der Waals surface area contributed by atoms with E-state index in [0.29, 0.717) is 6.42 Å². The standard InChI is InChI=1S/C12H22O2/c1-2-3-9-11(13)12(14)10-7-5-4-6-8-10/h10,12,14H,2-9H2,1H3. The fourth-order valence-electron chi connectivity index (χ4n) is 2.21. The van der Waals surface area contributed by atoms with E-state index in [4.69, 9.17) is 0 Å². The van der Waals surface area contributed by atoms with E-state index in [1.165, 1.54) is 19.3 Å². The summed E-state index contributed by atoms with van der Waals surface area (Å²) in [6.45, 7) is 2.07. The van der Waals surface area contributed by atoms with Crippen molar-refractivity contribution in [1.82, 2.24) is 0 Å². The van der Waals surface area contributed by atoms with Crippen LogP contribution in [0, 0.1) is 5.92 Å². The molecule has 1 atom stereocenters. The minimum absolute atomic E-state index is 0.0683. The fourth-order valence-corrected chi connectivity index (χ4v) is 2.21. The lowest BCUT2D eigenvalue weighted by atomic mass is 9.83. The van der Waals surface area contributed by atoms with Gasteiger partial charge >= 0.3 is 0 Å². The van der Waals surface area contributed by atoms with Gasteiger partial charge in [0.05, 0.1) is 0 Å². The van der Waals surface area contributed by atoms with Crippen LogP contribution in [0.1, 0.15) is 58.3 Å². The molecule has 1 saturated carbocycles. The van der Waals surface area contributed by atoms with Crippen LogP contribution in [0.25, 0.3) is 0 Å². The molecule has 0 aliphatic heterocycles. The molecule has 0 aromatic carbocycles. The molecule has 82 valence electrons. The molecule has 0 aromatic heterocycles. The first-order valence-corrected chi connectivity index (χ1v) is 5.96. The number of carbonyl (C=O) groups excluding carboxylic acids is 1. The van der Waals surface area contributed by atoms with Crippen LogP contribution in [0.2, 0.25) is 0 Å². The Hall–Kier alpha value is -0.370. The number of carbonyl (C=O) groups is 1. The summed E-state index contributed by atoms with van der Waals surface area (Å²) in [6, 6.07) is 0. The van der Waals surface area contributed by atoms with Gasteiger partial charge in [-0.3, -0.25) is 4.79 Å². The van der Waals surface area contributed by atoms with Crippen molar-refractivity contribution in [3.8, 4) is 0 Å². The van der Waals surface area contributed by atoms with E-state index < -0.39 is 6.10 Å². The first-order chi connectivity index (χ1) is 6.75. The molecule has 2 nitrogen and oxygen atoms in total. The van der Waals surface area contributed by atoms with Gasteiger partial charge in [-0.05, 0) is 25.2 Å². The van der Waals surface area contributed by atoms with Crippen molar-refractivity contribution in [2.24, 2.45) is 5.92 Å². The van der Waals surface area contributed by atoms with Crippen LogP contribution in [0.3, 0.4) is 0 Å². The van der Waals surface area contributed by atoms with E-state index in [0.717, 1.165) is 25.7 Å². The summed E-state index contributed by atoms with van der Waals surface area (Å²) in [4.78, 5) is 11.6. The van der Waals surface area contributed by atoms with Crippen molar-refractivity contribution in [3.63, 3.8) is 0 Å². The Morgan fingerprint density at radius 3 is 2.57 bits per heavy atom. The zero-order valence-corrected chi connectivity index (χ0v) is 9.17. The molecule has 1 N–H and O–H groups in total. The summed E-state index contributed by atoms with van der Waals surface area (Å²) in [7, 11) is 0. The van der Waals surface area contributed by atoms with Gasteiger partial charge in [0, 0.05) is 6.42 Å². The zero-order valence-electron chi connectivity index (χ0n) is 9.17. The van der Waals surface area contributed by atoms with Crippen LogP contribution in [-0.2, 0) is 4.79 Å². The summed E-state index contributed by atoms with van der Waals surface area (Å²) in [6.07, 6.45) is 7.57. The fraction of sp³-hybridized carbons (Fsp3) is 0.917. The zero-order chi connectivity index (χ0) is 10.4. The summed E-state index contributed by atoms with van der Waals surface area (Å²) < 4.78 is 0. The Morgan fingerprint density at radius 2 is 2.00 bits per heavy atom. The molecule has 0 bridgehead atoms. The van der Waals surface area contributed by atoms with Gasteiger partial charge in [-0.2, -0.15) is 0 Å². The Kier molecular flexibility index (Phi) is 5.16. The molecule has 14 heavy (non-hydrogen) atoms. The number of ketones is 1. The van der Waals surface area contributed by atoms with Gasteiger partial charge in [-0.15, -0.1) is 0 Å². The highest BCUT2D eigenvalue weighted by Crippen LogP contribution is 2.27. The molecule has 1 aliphatic carbocycles. The largest absolute Gasteiger partial charge is 0.385 e. The Balaban J connectivity index is 2.30. The predicted octanol–water partition coefficient (Wildman–Crippen LogP) is 2.69. The maximum atomic E-state index is 11.6. The summed E-state index contributed by atoms with van der Waals surface area (Å²) >= 11 is 0. The molecule has 0 heterocycles. The second-order valence-corrected chi connectivity index (χ2v) is 4.41. The van der Waals surface area contributed by atoms with Gasteiger partial charge in [0.2, 0.25) is 0 Å². The third-order valence-electron chi connectivity index (χ3n) is 3.20. The van der Waals surface area contributed by atoms with Crippen LogP contribution in [0.5, 0.6) is 0 Å². The summed E-state index contributed by atoms with van der Waals surface area (Å²) in [5.41, 5.74) is 0. The SMILES string of the molecule is CCCCC(=O)C(O)C1CCCCC1.